The SMILES string of the molecule is Cc1cscc1NC(=O)C(F)F. The molecule has 0 saturated carbocycles. The van der Waals surface area contributed by atoms with Crippen LogP contribution in [0.5, 0.6) is 0 Å². The highest BCUT2D eigenvalue weighted by molar-refractivity contribution is 7.08. The van der Waals surface area contributed by atoms with Crippen LogP contribution in [0.25, 0.3) is 0 Å². The zero-order chi connectivity index (χ0) is 9.14. The van der Waals surface area contributed by atoms with Crippen LogP contribution < -0.4 is 5.32 Å². The average Bonchev–Trinajstić information content (AvgIpc) is 2.36. The summed E-state index contributed by atoms with van der Waals surface area (Å²) in [6, 6.07) is 0. The molecule has 0 saturated heterocycles. The first-order valence-electron chi connectivity index (χ1n) is 3.23. The van der Waals surface area contributed by atoms with E-state index < -0.39 is 12.3 Å². The molecule has 5 heteroatoms. The van der Waals surface area contributed by atoms with E-state index in [9.17, 15) is 13.6 Å². The molecular formula is C7H7F2NOS. The van der Waals surface area contributed by atoms with E-state index in [-0.39, 0.29) is 0 Å². The van der Waals surface area contributed by atoms with Gasteiger partial charge in [-0.1, -0.05) is 0 Å². The predicted molar refractivity (Wildman–Crippen MR) is 43.7 cm³/mol. The molecule has 1 N–H and O–H groups in total. The monoisotopic (exact) mass is 191 g/mol. The first-order chi connectivity index (χ1) is 5.61. The Morgan fingerprint density at radius 3 is 2.67 bits per heavy atom. The largest absolute Gasteiger partial charge is 0.320 e. The van der Waals surface area contributed by atoms with E-state index in [1.54, 1.807) is 17.7 Å². The summed E-state index contributed by atoms with van der Waals surface area (Å²) >= 11 is 1.36. The Morgan fingerprint density at radius 2 is 2.25 bits per heavy atom. The van der Waals surface area contributed by atoms with Gasteiger partial charge in [0.15, 0.2) is 0 Å². The molecule has 1 rings (SSSR count). The lowest BCUT2D eigenvalue weighted by atomic mass is 10.3. The summed E-state index contributed by atoms with van der Waals surface area (Å²) in [5, 5.41) is 5.51. The molecule has 1 aromatic heterocycles. The Kier molecular flexibility index (Phi) is 2.75. The Hall–Kier alpha value is -0.970. The van der Waals surface area contributed by atoms with E-state index >= 15 is 0 Å². The smallest absolute Gasteiger partial charge is 0.315 e. The molecular weight excluding hydrogens is 184 g/mol. The van der Waals surface area contributed by atoms with Gasteiger partial charge in [0.1, 0.15) is 0 Å². The molecule has 0 aliphatic heterocycles. The van der Waals surface area contributed by atoms with E-state index in [0.29, 0.717) is 5.69 Å². The number of anilines is 1. The van der Waals surface area contributed by atoms with Gasteiger partial charge in [0.25, 0.3) is 5.91 Å². The van der Waals surface area contributed by atoms with E-state index in [1.807, 2.05) is 0 Å². The number of hydrogen-bond donors (Lipinski definition) is 1. The summed E-state index contributed by atoms with van der Waals surface area (Å²) in [5.41, 5.74) is 1.26. The second-order valence-corrected chi connectivity index (χ2v) is 3.00. The molecule has 1 amide bonds. The predicted octanol–water partition coefficient (Wildman–Crippen LogP) is 2.26. The number of aryl methyl sites for hydroxylation is 1. The van der Waals surface area contributed by atoms with Crippen molar-refractivity contribution < 1.29 is 13.6 Å². The Bertz CT molecular complexity index is 285. The third-order valence-corrected chi connectivity index (χ3v) is 2.17. The molecule has 0 aliphatic carbocycles. The Balaban J connectivity index is 2.64. The molecule has 0 fully saturated rings. The van der Waals surface area contributed by atoms with Crippen LogP contribution in [0.15, 0.2) is 10.8 Å². The molecule has 0 spiro atoms. The fourth-order valence-electron chi connectivity index (χ4n) is 0.676. The van der Waals surface area contributed by atoms with Gasteiger partial charge in [-0.15, -0.1) is 11.3 Å². The fourth-order valence-corrected chi connectivity index (χ4v) is 1.46. The van der Waals surface area contributed by atoms with Crippen LogP contribution in [-0.2, 0) is 4.79 Å². The molecule has 1 heterocycles. The third kappa shape index (κ3) is 2.01. The van der Waals surface area contributed by atoms with Crippen LogP contribution in [0.1, 0.15) is 5.56 Å². The number of hydrogen-bond acceptors (Lipinski definition) is 2. The first-order valence-corrected chi connectivity index (χ1v) is 4.17. The van der Waals surface area contributed by atoms with Crippen LogP contribution in [0.3, 0.4) is 0 Å². The minimum absolute atomic E-state index is 0.463. The van der Waals surface area contributed by atoms with Gasteiger partial charge in [-0.05, 0) is 17.9 Å². The average molecular weight is 191 g/mol. The number of rotatable bonds is 2. The van der Waals surface area contributed by atoms with E-state index in [4.69, 9.17) is 0 Å². The van der Waals surface area contributed by atoms with Gasteiger partial charge in [0.2, 0.25) is 0 Å². The number of amides is 1. The minimum Gasteiger partial charge on any atom is -0.320 e. The molecule has 0 unspecified atom stereocenters. The molecule has 0 atom stereocenters. The summed E-state index contributed by atoms with van der Waals surface area (Å²) in [7, 11) is 0. The van der Waals surface area contributed by atoms with Crippen molar-refractivity contribution in [3.05, 3.63) is 16.3 Å². The molecule has 66 valence electrons. The van der Waals surface area contributed by atoms with Crippen molar-refractivity contribution in [3.8, 4) is 0 Å². The lowest BCUT2D eigenvalue weighted by molar-refractivity contribution is -0.126. The molecule has 0 bridgehead atoms. The summed E-state index contributed by atoms with van der Waals surface area (Å²) in [4.78, 5) is 10.5. The van der Waals surface area contributed by atoms with Gasteiger partial charge in [-0.2, -0.15) is 8.78 Å². The normalized spacial score (nSPS) is 10.3. The first kappa shape index (κ1) is 9.12. The second kappa shape index (κ2) is 3.62. The zero-order valence-electron chi connectivity index (χ0n) is 6.30. The summed E-state index contributed by atoms with van der Waals surface area (Å²) < 4.78 is 23.5. The number of carbonyl (C=O) groups excluding carboxylic acids is 1. The highest BCUT2D eigenvalue weighted by atomic mass is 32.1. The molecule has 0 aromatic carbocycles. The van der Waals surface area contributed by atoms with Crippen LogP contribution in [0, 0.1) is 6.92 Å². The van der Waals surface area contributed by atoms with E-state index in [2.05, 4.69) is 5.32 Å². The van der Waals surface area contributed by atoms with E-state index in [1.165, 1.54) is 11.3 Å². The molecule has 12 heavy (non-hydrogen) atoms. The van der Waals surface area contributed by atoms with Crippen LogP contribution in [0.2, 0.25) is 0 Å². The number of thiophene rings is 1. The van der Waals surface area contributed by atoms with Crippen molar-refractivity contribution in [2.24, 2.45) is 0 Å². The van der Waals surface area contributed by atoms with Crippen molar-refractivity contribution >= 4 is 22.9 Å². The van der Waals surface area contributed by atoms with Gasteiger partial charge >= 0.3 is 6.43 Å². The third-order valence-electron chi connectivity index (χ3n) is 1.31. The lowest BCUT2D eigenvalue weighted by Gasteiger charge is -2.01. The van der Waals surface area contributed by atoms with Crippen LogP contribution in [0.4, 0.5) is 14.5 Å². The van der Waals surface area contributed by atoms with Gasteiger partial charge < -0.3 is 5.32 Å². The number of carbonyl (C=O) groups is 1. The lowest BCUT2D eigenvalue weighted by Crippen LogP contribution is -2.20. The van der Waals surface area contributed by atoms with Crippen LogP contribution >= 0.6 is 11.3 Å². The minimum atomic E-state index is -2.95. The topological polar surface area (TPSA) is 29.1 Å². The van der Waals surface area contributed by atoms with Crippen molar-refractivity contribution in [3.63, 3.8) is 0 Å². The summed E-state index contributed by atoms with van der Waals surface area (Å²) in [5.74, 6) is -1.25. The van der Waals surface area contributed by atoms with Gasteiger partial charge in [0, 0.05) is 5.38 Å². The molecule has 2 nitrogen and oxygen atoms in total. The van der Waals surface area contributed by atoms with Gasteiger partial charge in [-0.3, -0.25) is 4.79 Å². The number of nitrogens with one attached hydrogen (secondary N) is 1. The summed E-state index contributed by atoms with van der Waals surface area (Å²) in [6.07, 6.45) is -2.95. The molecule has 0 aliphatic rings. The maximum atomic E-state index is 11.7. The second-order valence-electron chi connectivity index (χ2n) is 2.26. The van der Waals surface area contributed by atoms with Crippen molar-refractivity contribution in [2.75, 3.05) is 5.32 Å². The van der Waals surface area contributed by atoms with Crippen molar-refractivity contribution in [2.45, 2.75) is 13.3 Å². The zero-order valence-corrected chi connectivity index (χ0v) is 7.12. The maximum absolute atomic E-state index is 11.7. The number of halogens is 2. The molecule has 0 radical (unpaired) electrons. The van der Waals surface area contributed by atoms with E-state index in [0.717, 1.165) is 5.56 Å². The van der Waals surface area contributed by atoms with Crippen LogP contribution in [-0.4, -0.2) is 12.3 Å². The standard InChI is InChI=1S/C7H7F2NOS/c1-4-2-12-3-5(4)10-7(11)6(8)9/h2-3,6H,1H3,(H,10,11). The molecule has 1 aromatic rings. The van der Waals surface area contributed by atoms with Gasteiger partial charge in [0.05, 0.1) is 5.69 Å². The Morgan fingerprint density at radius 1 is 1.58 bits per heavy atom. The fraction of sp³-hybridized carbons (Fsp3) is 0.286. The van der Waals surface area contributed by atoms with Crippen molar-refractivity contribution in [1.82, 2.24) is 0 Å². The van der Waals surface area contributed by atoms with Crippen molar-refractivity contribution in [1.29, 1.82) is 0 Å². The Labute approximate surface area is 72.2 Å². The maximum Gasteiger partial charge on any atom is 0.315 e. The number of alkyl halides is 2. The summed E-state index contributed by atoms with van der Waals surface area (Å²) in [6.45, 7) is 1.75. The highest BCUT2D eigenvalue weighted by Crippen LogP contribution is 2.19. The highest BCUT2D eigenvalue weighted by Gasteiger charge is 2.15. The quantitative estimate of drug-likeness (QED) is 0.763. The van der Waals surface area contributed by atoms with Gasteiger partial charge in [-0.25, -0.2) is 0 Å².